The van der Waals surface area contributed by atoms with Gasteiger partial charge in [-0.2, -0.15) is 4.98 Å². The van der Waals surface area contributed by atoms with Crippen LogP contribution < -0.4 is 0 Å². The number of rotatable bonds is 5. The summed E-state index contributed by atoms with van der Waals surface area (Å²) in [5, 5.41) is 3.70. The van der Waals surface area contributed by atoms with Crippen LogP contribution in [0.25, 0.3) is 0 Å². The number of unbranched alkanes of at least 4 members (excludes halogenated alkanes) is 3. The maximum absolute atomic E-state index is 5.48. The summed E-state index contributed by atoms with van der Waals surface area (Å²) in [4.78, 5) is 3.90. The fourth-order valence-corrected chi connectivity index (χ4v) is 1.17. The second-order valence-electron chi connectivity index (χ2n) is 2.77. The molecule has 0 radical (unpaired) electrons. The highest BCUT2D eigenvalue weighted by atomic mass is 35.5. The highest BCUT2D eigenvalue weighted by molar-refractivity contribution is 6.28. The molecular formula is C8H13ClN2O. The lowest BCUT2D eigenvalue weighted by Crippen LogP contribution is -1.85. The standard InChI is InChI=1S/C8H13ClN2O/c1-2-3-4-5-6-7-10-8(9)11-12-7/h2-6H2,1H3. The largest absolute Gasteiger partial charge is 0.338 e. The lowest BCUT2D eigenvalue weighted by atomic mass is 10.1. The predicted octanol–water partition coefficient (Wildman–Crippen LogP) is 2.85. The molecule has 12 heavy (non-hydrogen) atoms. The molecule has 0 N–H and O–H groups in total. The van der Waals surface area contributed by atoms with Gasteiger partial charge >= 0.3 is 0 Å². The minimum atomic E-state index is 0.209. The Balaban J connectivity index is 2.15. The Kier molecular flexibility index (Phi) is 4.08. The van der Waals surface area contributed by atoms with E-state index in [1.165, 1.54) is 19.3 Å². The molecule has 0 saturated carbocycles. The van der Waals surface area contributed by atoms with Gasteiger partial charge in [-0.3, -0.25) is 0 Å². The Morgan fingerprint density at radius 1 is 1.33 bits per heavy atom. The molecule has 1 aromatic heterocycles. The fourth-order valence-electron chi connectivity index (χ4n) is 1.04. The summed E-state index contributed by atoms with van der Waals surface area (Å²) in [5.74, 6) is 0.649. The molecule has 0 fully saturated rings. The van der Waals surface area contributed by atoms with Gasteiger partial charge in [-0.1, -0.05) is 26.2 Å². The quantitative estimate of drug-likeness (QED) is 0.667. The zero-order chi connectivity index (χ0) is 8.81. The van der Waals surface area contributed by atoms with E-state index in [-0.39, 0.29) is 5.28 Å². The van der Waals surface area contributed by atoms with Gasteiger partial charge < -0.3 is 4.52 Å². The number of aromatic nitrogens is 2. The molecule has 0 aliphatic rings. The third-order valence-corrected chi connectivity index (χ3v) is 1.84. The van der Waals surface area contributed by atoms with Crippen molar-refractivity contribution in [1.82, 2.24) is 10.1 Å². The van der Waals surface area contributed by atoms with Crippen molar-refractivity contribution in [2.75, 3.05) is 0 Å². The molecule has 0 amide bonds. The van der Waals surface area contributed by atoms with Crippen LogP contribution in [0, 0.1) is 0 Å². The number of halogens is 1. The van der Waals surface area contributed by atoms with Crippen molar-refractivity contribution in [1.29, 1.82) is 0 Å². The van der Waals surface area contributed by atoms with Crippen LogP contribution in [-0.2, 0) is 6.42 Å². The summed E-state index contributed by atoms with van der Waals surface area (Å²) in [6.07, 6.45) is 5.68. The Labute approximate surface area is 77.1 Å². The number of hydrogen-bond acceptors (Lipinski definition) is 3. The average molecular weight is 189 g/mol. The molecule has 68 valence electrons. The van der Waals surface area contributed by atoms with Gasteiger partial charge in [0, 0.05) is 6.42 Å². The first-order valence-electron chi connectivity index (χ1n) is 4.31. The maximum atomic E-state index is 5.48. The van der Waals surface area contributed by atoms with Crippen LogP contribution in [0.3, 0.4) is 0 Å². The molecule has 0 bridgehead atoms. The van der Waals surface area contributed by atoms with Crippen LogP contribution >= 0.6 is 11.6 Å². The molecule has 0 unspecified atom stereocenters. The molecule has 0 aliphatic carbocycles. The van der Waals surface area contributed by atoms with Crippen LogP contribution in [0.4, 0.5) is 0 Å². The Bertz CT molecular complexity index is 225. The normalized spacial score (nSPS) is 10.5. The second-order valence-corrected chi connectivity index (χ2v) is 3.11. The Morgan fingerprint density at radius 2 is 2.17 bits per heavy atom. The molecule has 0 spiro atoms. The van der Waals surface area contributed by atoms with E-state index >= 15 is 0 Å². The van der Waals surface area contributed by atoms with Gasteiger partial charge in [0.1, 0.15) is 0 Å². The molecule has 4 heteroatoms. The molecule has 0 atom stereocenters. The van der Waals surface area contributed by atoms with Crippen molar-refractivity contribution in [2.24, 2.45) is 0 Å². The van der Waals surface area contributed by atoms with E-state index in [4.69, 9.17) is 16.1 Å². The van der Waals surface area contributed by atoms with Crippen LogP contribution in [0.2, 0.25) is 5.28 Å². The van der Waals surface area contributed by atoms with Gasteiger partial charge in [-0.15, -0.1) is 0 Å². The monoisotopic (exact) mass is 188 g/mol. The number of hydrogen-bond donors (Lipinski definition) is 0. The minimum absolute atomic E-state index is 0.209. The van der Waals surface area contributed by atoms with E-state index in [1.54, 1.807) is 0 Å². The van der Waals surface area contributed by atoms with E-state index < -0.39 is 0 Å². The Morgan fingerprint density at radius 3 is 2.75 bits per heavy atom. The van der Waals surface area contributed by atoms with Crippen molar-refractivity contribution in [3.05, 3.63) is 11.2 Å². The van der Waals surface area contributed by atoms with Crippen LogP contribution in [0.5, 0.6) is 0 Å². The second kappa shape index (κ2) is 5.14. The average Bonchev–Trinajstić information content (AvgIpc) is 2.45. The van der Waals surface area contributed by atoms with Crippen molar-refractivity contribution >= 4 is 11.6 Å². The summed E-state index contributed by atoms with van der Waals surface area (Å²) in [5.41, 5.74) is 0. The van der Waals surface area contributed by atoms with Gasteiger partial charge in [0.05, 0.1) is 0 Å². The number of aryl methyl sites for hydroxylation is 1. The van der Waals surface area contributed by atoms with Crippen molar-refractivity contribution in [3.63, 3.8) is 0 Å². The third kappa shape index (κ3) is 3.22. The van der Waals surface area contributed by atoms with Crippen molar-refractivity contribution in [2.45, 2.75) is 39.0 Å². The van der Waals surface area contributed by atoms with Gasteiger partial charge in [-0.05, 0) is 23.2 Å². The minimum Gasteiger partial charge on any atom is -0.338 e. The zero-order valence-electron chi connectivity index (χ0n) is 7.22. The zero-order valence-corrected chi connectivity index (χ0v) is 7.97. The maximum Gasteiger partial charge on any atom is 0.263 e. The summed E-state index contributed by atoms with van der Waals surface area (Å²) in [6.45, 7) is 2.18. The van der Waals surface area contributed by atoms with E-state index in [2.05, 4.69) is 17.1 Å². The van der Waals surface area contributed by atoms with Gasteiger partial charge in [-0.25, -0.2) is 0 Å². The Hall–Kier alpha value is -0.570. The molecule has 1 heterocycles. The number of nitrogens with zero attached hydrogens (tertiary/aromatic N) is 2. The SMILES string of the molecule is CCCCCCc1nc(Cl)no1. The smallest absolute Gasteiger partial charge is 0.263 e. The third-order valence-electron chi connectivity index (χ3n) is 1.69. The van der Waals surface area contributed by atoms with E-state index in [9.17, 15) is 0 Å². The lowest BCUT2D eigenvalue weighted by molar-refractivity contribution is 0.373. The first-order valence-corrected chi connectivity index (χ1v) is 4.69. The highest BCUT2D eigenvalue weighted by Gasteiger charge is 2.02. The van der Waals surface area contributed by atoms with Gasteiger partial charge in [0.15, 0.2) is 0 Å². The first-order chi connectivity index (χ1) is 5.83. The van der Waals surface area contributed by atoms with Crippen LogP contribution in [-0.4, -0.2) is 10.1 Å². The summed E-state index contributed by atoms with van der Waals surface area (Å²) < 4.78 is 4.85. The topological polar surface area (TPSA) is 38.9 Å². The molecule has 0 aromatic carbocycles. The highest BCUT2D eigenvalue weighted by Crippen LogP contribution is 2.07. The van der Waals surface area contributed by atoms with E-state index in [1.807, 2.05) is 0 Å². The van der Waals surface area contributed by atoms with Gasteiger partial charge in [0.2, 0.25) is 5.89 Å². The fraction of sp³-hybridized carbons (Fsp3) is 0.750. The molecule has 1 aromatic rings. The summed E-state index contributed by atoms with van der Waals surface area (Å²) in [7, 11) is 0. The predicted molar refractivity (Wildman–Crippen MR) is 47.2 cm³/mol. The lowest BCUT2D eigenvalue weighted by Gasteiger charge is -1.93. The summed E-state index contributed by atoms with van der Waals surface area (Å²) in [6, 6.07) is 0. The van der Waals surface area contributed by atoms with Crippen molar-refractivity contribution in [3.8, 4) is 0 Å². The van der Waals surface area contributed by atoms with Crippen LogP contribution in [0.1, 0.15) is 38.5 Å². The summed E-state index contributed by atoms with van der Waals surface area (Å²) >= 11 is 5.48. The molecule has 1 rings (SSSR count). The molecular weight excluding hydrogens is 176 g/mol. The van der Waals surface area contributed by atoms with E-state index in [0.717, 1.165) is 12.8 Å². The molecule has 0 saturated heterocycles. The van der Waals surface area contributed by atoms with Gasteiger partial charge in [0.25, 0.3) is 5.28 Å². The molecule has 0 aliphatic heterocycles. The van der Waals surface area contributed by atoms with Crippen LogP contribution in [0.15, 0.2) is 4.52 Å². The van der Waals surface area contributed by atoms with Crippen molar-refractivity contribution < 1.29 is 4.52 Å². The molecule has 3 nitrogen and oxygen atoms in total. The first kappa shape index (κ1) is 9.52. The van der Waals surface area contributed by atoms with E-state index in [0.29, 0.717) is 5.89 Å².